The molecule has 0 unspecified atom stereocenters. The van der Waals surface area contributed by atoms with Gasteiger partial charge in [-0.25, -0.2) is 0 Å². The third-order valence-electron chi connectivity index (χ3n) is 1.57. The molecule has 0 spiro atoms. The molecule has 58 valence electrons. The average molecular weight is 175 g/mol. The molecular formula is C11H7Cl. The van der Waals surface area contributed by atoms with Crippen molar-refractivity contribution in [3.05, 3.63) is 35.9 Å². The quantitative estimate of drug-likeness (QED) is 0.453. The standard InChI is InChI=1S/C11H7Cl/c1-3-11(12,4-2)10-8-6-5-7-9-10/h1-2,5-9H. The minimum atomic E-state index is -1.10. The van der Waals surface area contributed by atoms with Gasteiger partial charge in [0, 0.05) is 0 Å². The summed E-state index contributed by atoms with van der Waals surface area (Å²) in [5.74, 6) is 4.75. The van der Waals surface area contributed by atoms with E-state index in [1.807, 2.05) is 30.3 Å². The largest absolute Gasteiger partial charge is 0.189 e. The first-order valence-corrected chi connectivity index (χ1v) is 3.80. The van der Waals surface area contributed by atoms with Crippen molar-refractivity contribution >= 4 is 11.6 Å². The fourth-order valence-corrected chi connectivity index (χ4v) is 1.00. The van der Waals surface area contributed by atoms with Gasteiger partial charge in [-0.2, -0.15) is 0 Å². The zero-order valence-corrected chi connectivity index (χ0v) is 7.18. The number of benzene rings is 1. The van der Waals surface area contributed by atoms with Gasteiger partial charge in [-0.1, -0.05) is 53.8 Å². The van der Waals surface area contributed by atoms with Gasteiger partial charge in [-0.15, -0.1) is 12.8 Å². The molecule has 0 bridgehead atoms. The Morgan fingerprint density at radius 3 is 2.00 bits per heavy atom. The van der Waals surface area contributed by atoms with Crippen molar-refractivity contribution in [2.75, 3.05) is 0 Å². The second kappa shape index (κ2) is 3.35. The molecule has 0 saturated heterocycles. The molecule has 0 radical (unpaired) electrons. The Labute approximate surface area is 77.6 Å². The molecule has 0 N–H and O–H groups in total. The topological polar surface area (TPSA) is 0 Å². The summed E-state index contributed by atoms with van der Waals surface area (Å²) in [5, 5.41) is 0. The molecule has 0 nitrogen and oxygen atoms in total. The van der Waals surface area contributed by atoms with Gasteiger partial charge >= 0.3 is 0 Å². The number of halogens is 1. The third-order valence-corrected chi connectivity index (χ3v) is 2.01. The van der Waals surface area contributed by atoms with Crippen LogP contribution in [0, 0.1) is 24.7 Å². The second-order valence-electron chi connectivity index (χ2n) is 2.31. The molecule has 0 aliphatic heterocycles. The van der Waals surface area contributed by atoms with Crippen LogP contribution in [-0.2, 0) is 4.87 Å². The van der Waals surface area contributed by atoms with E-state index in [-0.39, 0.29) is 0 Å². The van der Waals surface area contributed by atoms with Gasteiger partial charge in [0.05, 0.1) is 0 Å². The molecule has 0 atom stereocenters. The molecule has 0 saturated carbocycles. The fraction of sp³-hybridized carbons (Fsp3) is 0.0909. The molecule has 0 aliphatic carbocycles. The zero-order chi connectivity index (χ0) is 9.03. The highest BCUT2D eigenvalue weighted by Gasteiger charge is 2.22. The van der Waals surface area contributed by atoms with Crippen LogP contribution in [-0.4, -0.2) is 0 Å². The smallest absolute Gasteiger partial charge is 0.117 e. The van der Waals surface area contributed by atoms with Crippen LogP contribution in [0.25, 0.3) is 0 Å². The summed E-state index contributed by atoms with van der Waals surface area (Å²) in [6, 6.07) is 9.20. The predicted molar refractivity (Wildman–Crippen MR) is 51.6 cm³/mol. The van der Waals surface area contributed by atoms with E-state index in [1.54, 1.807) is 0 Å². The average Bonchev–Trinajstić information content (AvgIpc) is 2.18. The van der Waals surface area contributed by atoms with E-state index >= 15 is 0 Å². The highest BCUT2D eigenvalue weighted by Crippen LogP contribution is 2.26. The first kappa shape index (κ1) is 8.72. The molecule has 1 aromatic rings. The number of hydrogen-bond donors (Lipinski definition) is 0. The fourth-order valence-electron chi connectivity index (χ4n) is 0.876. The van der Waals surface area contributed by atoms with Gasteiger partial charge in [0.15, 0.2) is 4.87 Å². The van der Waals surface area contributed by atoms with Crippen molar-refractivity contribution in [2.45, 2.75) is 4.87 Å². The van der Waals surface area contributed by atoms with Gasteiger partial charge in [0.1, 0.15) is 0 Å². The number of alkyl halides is 1. The van der Waals surface area contributed by atoms with Gasteiger partial charge in [0.2, 0.25) is 0 Å². The number of rotatable bonds is 1. The van der Waals surface area contributed by atoms with Crippen LogP contribution in [0.1, 0.15) is 5.56 Å². The summed E-state index contributed by atoms with van der Waals surface area (Å²) < 4.78 is 0. The highest BCUT2D eigenvalue weighted by molar-refractivity contribution is 6.28. The normalized spacial score (nSPS) is 9.92. The molecule has 1 aromatic carbocycles. The predicted octanol–water partition coefficient (Wildman–Crippen LogP) is 2.39. The zero-order valence-electron chi connectivity index (χ0n) is 6.42. The van der Waals surface area contributed by atoms with Gasteiger partial charge < -0.3 is 0 Å². The lowest BCUT2D eigenvalue weighted by atomic mass is 10.0. The minimum Gasteiger partial charge on any atom is -0.117 e. The molecule has 1 heteroatoms. The first-order valence-electron chi connectivity index (χ1n) is 3.43. The van der Waals surface area contributed by atoms with Crippen LogP contribution >= 0.6 is 11.6 Å². The Morgan fingerprint density at radius 1 is 1.08 bits per heavy atom. The lowest BCUT2D eigenvalue weighted by Gasteiger charge is -2.13. The Kier molecular flexibility index (Phi) is 2.44. The Hall–Kier alpha value is -1.37. The van der Waals surface area contributed by atoms with Gasteiger partial charge in [0.25, 0.3) is 0 Å². The van der Waals surface area contributed by atoms with Crippen molar-refractivity contribution < 1.29 is 0 Å². The maximum atomic E-state index is 5.96. The lowest BCUT2D eigenvalue weighted by Crippen LogP contribution is -2.12. The van der Waals surface area contributed by atoms with Crippen LogP contribution in [0.5, 0.6) is 0 Å². The monoisotopic (exact) mass is 174 g/mol. The van der Waals surface area contributed by atoms with E-state index in [0.29, 0.717) is 0 Å². The molecule has 0 heterocycles. The summed E-state index contributed by atoms with van der Waals surface area (Å²) >= 11 is 5.96. The van der Waals surface area contributed by atoms with Crippen LogP contribution < -0.4 is 0 Å². The van der Waals surface area contributed by atoms with E-state index in [0.717, 1.165) is 5.56 Å². The maximum Gasteiger partial charge on any atom is 0.189 e. The molecule has 0 aromatic heterocycles. The van der Waals surface area contributed by atoms with E-state index in [2.05, 4.69) is 11.8 Å². The van der Waals surface area contributed by atoms with Gasteiger partial charge in [-0.05, 0) is 5.56 Å². The second-order valence-corrected chi connectivity index (χ2v) is 2.88. The van der Waals surface area contributed by atoms with E-state index in [9.17, 15) is 0 Å². The van der Waals surface area contributed by atoms with Crippen molar-refractivity contribution in [1.82, 2.24) is 0 Å². The third kappa shape index (κ3) is 1.45. The molecule has 0 aliphatic rings. The Morgan fingerprint density at radius 2 is 1.58 bits per heavy atom. The van der Waals surface area contributed by atoms with E-state index < -0.39 is 4.87 Å². The Bertz CT molecular complexity index is 324. The van der Waals surface area contributed by atoms with Crippen molar-refractivity contribution in [3.8, 4) is 24.7 Å². The summed E-state index contributed by atoms with van der Waals surface area (Å²) in [6.45, 7) is 0. The molecule has 0 fully saturated rings. The number of terminal acetylenes is 2. The minimum absolute atomic E-state index is 0.761. The summed E-state index contributed by atoms with van der Waals surface area (Å²) in [4.78, 5) is -1.10. The lowest BCUT2D eigenvalue weighted by molar-refractivity contribution is 1.06. The van der Waals surface area contributed by atoms with Crippen LogP contribution in [0.3, 0.4) is 0 Å². The highest BCUT2D eigenvalue weighted by atomic mass is 35.5. The van der Waals surface area contributed by atoms with Crippen LogP contribution in [0.15, 0.2) is 30.3 Å². The summed E-state index contributed by atoms with van der Waals surface area (Å²) in [7, 11) is 0. The summed E-state index contributed by atoms with van der Waals surface area (Å²) in [5.41, 5.74) is 0.761. The SMILES string of the molecule is C#CC(Cl)(C#C)c1ccccc1. The van der Waals surface area contributed by atoms with Crippen LogP contribution in [0.4, 0.5) is 0 Å². The van der Waals surface area contributed by atoms with Crippen molar-refractivity contribution in [3.63, 3.8) is 0 Å². The Balaban J connectivity index is 3.17. The maximum absolute atomic E-state index is 5.96. The van der Waals surface area contributed by atoms with Crippen LogP contribution in [0.2, 0.25) is 0 Å². The number of hydrogen-bond acceptors (Lipinski definition) is 0. The summed E-state index contributed by atoms with van der Waals surface area (Å²) in [6.07, 6.45) is 10.5. The van der Waals surface area contributed by atoms with Crippen molar-refractivity contribution in [2.24, 2.45) is 0 Å². The van der Waals surface area contributed by atoms with Gasteiger partial charge in [-0.3, -0.25) is 0 Å². The van der Waals surface area contributed by atoms with Crippen molar-refractivity contribution in [1.29, 1.82) is 0 Å². The molecule has 0 amide bonds. The first-order chi connectivity index (χ1) is 5.73. The molecule has 12 heavy (non-hydrogen) atoms. The van der Waals surface area contributed by atoms with E-state index in [4.69, 9.17) is 24.4 Å². The van der Waals surface area contributed by atoms with E-state index in [1.165, 1.54) is 0 Å². The molecule has 1 rings (SSSR count). The molecular weight excluding hydrogens is 168 g/mol.